The van der Waals surface area contributed by atoms with Crippen LogP contribution < -0.4 is 0 Å². The lowest BCUT2D eigenvalue weighted by atomic mass is 10.1. The highest BCUT2D eigenvalue weighted by Gasteiger charge is 2.37. The second-order valence-electron chi connectivity index (χ2n) is 11.3. The molecule has 238 valence electrons. The van der Waals surface area contributed by atoms with Crippen LogP contribution in [0.25, 0.3) is 22.9 Å². The molecule has 0 amide bonds. The molecule has 7 rings (SSSR count). The van der Waals surface area contributed by atoms with Gasteiger partial charge in [-0.05, 0) is 13.8 Å². The smallest absolute Gasteiger partial charge is 0.232 e. The van der Waals surface area contributed by atoms with E-state index in [1.165, 1.54) is 12.2 Å². The molecule has 4 aromatic carbocycles. The van der Waals surface area contributed by atoms with Gasteiger partial charge in [0.05, 0.1) is 22.5 Å². The first-order chi connectivity index (χ1) is 23.5. The zero-order valence-corrected chi connectivity index (χ0v) is 26.6. The molecule has 3 aliphatic rings. The first kappa shape index (κ1) is 30.4. The molecule has 4 aromatic rings. The number of benzene rings is 4. The summed E-state index contributed by atoms with van der Waals surface area (Å²) in [7, 11) is 0. The normalized spacial score (nSPS) is 18.2. The van der Waals surface area contributed by atoms with Crippen LogP contribution in [0.15, 0.2) is 168 Å². The Hall–Kier alpha value is -6.21. The molecule has 0 spiro atoms. The molecule has 2 N–H and O–H groups in total. The summed E-state index contributed by atoms with van der Waals surface area (Å²) in [5.41, 5.74) is 5.22. The number of carbonyl (C=O) groups excluding carboxylic acids is 1. The number of ketones is 1. The van der Waals surface area contributed by atoms with Gasteiger partial charge in [-0.3, -0.25) is 4.79 Å². The van der Waals surface area contributed by atoms with Crippen LogP contribution in [0.4, 0.5) is 0 Å². The zero-order valence-electron chi connectivity index (χ0n) is 26.6. The van der Waals surface area contributed by atoms with E-state index in [4.69, 9.17) is 9.47 Å². The molecule has 7 heteroatoms. The van der Waals surface area contributed by atoms with Crippen molar-refractivity contribution in [3.8, 4) is 0 Å². The fraction of sp³-hybridized carbons (Fsp3) is 0.0976. The average molecular weight is 635 g/mol. The highest BCUT2D eigenvalue weighted by Crippen LogP contribution is 2.44. The number of carbonyl (C=O) groups is 1. The third-order valence-electron chi connectivity index (χ3n) is 8.47. The second-order valence-corrected chi connectivity index (χ2v) is 11.3. The van der Waals surface area contributed by atoms with E-state index in [0.29, 0.717) is 36.4 Å². The van der Waals surface area contributed by atoms with Gasteiger partial charge in [0.15, 0.2) is 17.3 Å². The number of rotatable bonds is 8. The van der Waals surface area contributed by atoms with Gasteiger partial charge in [0.25, 0.3) is 0 Å². The van der Waals surface area contributed by atoms with Crippen molar-refractivity contribution in [3.63, 3.8) is 0 Å². The number of allylic oxidation sites excluding steroid dienone is 3. The second kappa shape index (κ2) is 12.9. The molecular weight excluding hydrogens is 600 g/mol. The fourth-order valence-electron chi connectivity index (χ4n) is 6.19. The highest BCUT2D eigenvalue weighted by molar-refractivity contribution is 6.13. The maximum absolute atomic E-state index is 13.6. The fourth-order valence-corrected chi connectivity index (χ4v) is 6.19. The molecule has 0 radical (unpaired) electrons. The minimum Gasteiger partial charge on any atom is -0.506 e. The summed E-state index contributed by atoms with van der Waals surface area (Å²) in [6.45, 7) is 5.04. The van der Waals surface area contributed by atoms with Crippen LogP contribution in [0.5, 0.6) is 0 Å². The Kier molecular flexibility index (Phi) is 8.17. The van der Waals surface area contributed by atoms with Gasteiger partial charge in [-0.15, -0.1) is 0 Å². The molecule has 2 heterocycles. The Balaban J connectivity index is 1.28. The zero-order chi connectivity index (χ0) is 33.2. The summed E-state index contributed by atoms with van der Waals surface area (Å²) in [6.07, 6.45) is 3.02. The van der Waals surface area contributed by atoms with Gasteiger partial charge in [-0.25, -0.2) is 0 Å². The van der Waals surface area contributed by atoms with Crippen molar-refractivity contribution >= 4 is 28.7 Å². The topological polar surface area (TPSA) is 82.5 Å². The van der Waals surface area contributed by atoms with Gasteiger partial charge in [0.1, 0.15) is 5.76 Å². The minimum absolute atomic E-state index is 0.0254. The predicted molar refractivity (Wildman–Crippen MR) is 187 cm³/mol. The minimum atomic E-state index is -0.707. The molecule has 0 bridgehead atoms. The summed E-state index contributed by atoms with van der Waals surface area (Å²) >= 11 is 0. The van der Waals surface area contributed by atoms with Crippen LogP contribution in [0, 0.1) is 0 Å². The summed E-state index contributed by atoms with van der Waals surface area (Å²) in [5, 5.41) is 22.7. The van der Waals surface area contributed by atoms with E-state index in [2.05, 4.69) is 0 Å². The summed E-state index contributed by atoms with van der Waals surface area (Å²) in [5.74, 6) is 0.362. The third kappa shape index (κ3) is 5.35. The van der Waals surface area contributed by atoms with Gasteiger partial charge >= 0.3 is 0 Å². The molecule has 0 saturated heterocycles. The van der Waals surface area contributed by atoms with Crippen LogP contribution >= 0.6 is 0 Å². The largest absolute Gasteiger partial charge is 0.506 e. The van der Waals surface area contributed by atoms with Crippen LogP contribution in [-0.2, 0) is 14.3 Å². The third-order valence-corrected chi connectivity index (χ3v) is 8.47. The van der Waals surface area contributed by atoms with Crippen molar-refractivity contribution < 1.29 is 24.5 Å². The summed E-state index contributed by atoms with van der Waals surface area (Å²) in [6, 6.07) is 39.3. The van der Waals surface area contributed by atoms with Crippen LogP contribution in [0.2, 0.25) is 0 Å². The summed E-state index contributed by atoms with van der Waals surface area (Å²) in [4.78, 5) is 17.5. The molecular formula is C41H34N2O5. The van der Waals surface area contributed by atoms with Gasteiger partial charge in [0, 0.05) is 47.5 Å². The number of nitrogens with zero attached hydrogens (tertiary/aromatic N) is 2. The van der Waals surface area contributed by atoms with Gasteiger partial charge < -0.3 is 29.5 Å². The number of ether oxygens (including phenoxy) is 2. The maximum atomic E-state index is 13.6. The first-order valence-electron chi connectivity index (χ1n) is 16.0. The van der Waals surface area contributed by atoms with Gasteiger partial charge in [-0.1, -0.05) is 121 Å². The van der Waals surface area contributed by atoms with Gasteiger partial charge in [-0.2, -0.15) is 0 Å². The monoisotopic (exact) mass is 634 g/mol. The van der Waals surface area contributed by atoms with E-state index < -0.39 is 11.5 Å². The Bertz CT molecular complexity index is 2060. The van der Waals surface area contributed by atoms with Crippen molar-refractivity contribution in [2.75, 3.05) is 13.1 Å². The quantitative estimate of drug-likeness (QED) is 0.201. The Morgan fingerprint density at radius 1 is 0.521 bits per heavy atom. The maximum Gasteiger partial charge on any atom is 0.232 e. The van der Waals surface area contributed by atoms with E-state index in [0.717, 1.165) is 33.6 Å². The van der Waals surface area contributed by atoms with E-state index in [1.54, 1.807) is 0 Å². The van der Waals surface area contributed by atoms with Crippen LogP contribution in [0.1, 0.15) is 36.1 Å². The van der Waals surface area contributed by atoms with Crippen LogP contribution in [0.3, 0.4) is 0 Å². The Morgan fingerprint density at radius 2 is 0.875 bits per heavy atom. The van der Waals surface area contributed by atoms with E-state index in [1.807, 2.05) is 145 Å². The molecule has 0 saturated carbocycles. The average Bonchev–Trinajstić information content (AvgIpc) is 3.76. The highest BCUT2D eigenvalue weighted by atomic mass is 16.5. The number of Topliss-reactive ketones (excluding diaryl/α,β-unsaturated/α-hetero) is 1. The molecule has 2 aliphatic heterocycles. The number of aliphatic hydroxyl groups excluding tert-OH is 2. The Morgan fingerprint density at radius 3 is 1.25 bits per heavy atom. The lowest BCUT2D eigenvalue weighted by Crippen LogP contribution is -2.18. The van der Waals surface area contributed by atoms with Crippen molar-refractivity contribution in [3.05, 3.63) is 190 Å². The van der Waals surface area contributed by atoms with E-state index >= 15 is 0 Å². The molecule has 7 nitrogen and oxygen atoms in total. The first-order valence-corrected chi connectivity index (χ1v) is 16.0. The van der Waals surface area contributed by atoms with E-state index in [9.17, 15) is 15.0 Å². The van der Waals surface area contributed by atoms with Crippen LogP contribution in [-0.4, -0.2) is 38.9 Å². The SMILES string of the molecule is CCN1C(c2ccccc2)=C(c2ccccc2)O/C1=C/C1=C(O)C(/C=C2/OC(c3ccccc3)=C(c3ccccc3)N2CC)=C(O)C1=O. The molecule has 48 heavy (non-hydrogen) atoms. The summed E-state index contributed by atoms with van der Waals surface area (Å²) < 4.78 is 12.9. The predicted octanol–water partition coefficient (Wildman–Crippen LogP) is 8.63. The number of hydrogen-bond donors (Lipinski definition) is 2. The number of aliphatic hydroxyl groups is 2. The molecule has 0 aromatic heterocycles. The molecule has 0 fully saturated rings. The molecule has 1 aliphatic carbocycles. The Labute approximate surface area is 279 Å². The molecule has 0 unspecified atom stereocenters. The van der Waals surface area contributed by atoms with E-state index in [-0.39, 0.29) is 16.9 Å². The molecule has 0 atom stereocenters. The standard InChI is InChI=1S/C41H34N2O5/c1-3-42-33(47-40(29-21-13-7-14-22-29)35(42)27-17-9-5-10-18-27)25-31-37(44)32(39(46)38(31)45)26-34-43(4-2)36(28-19-11-6-12-20-28)41(48-34)30-23-15-8-16-24-30/h5-26,44H,3-4H2,1-2H3,(H,45,46)/b33-25+,34-26+. The van der Waals surface area contributed by atoms with Crippen molar-refractivity contribution in [1.29, 1.82) is 0 Å². The van der Waals surface area contributed by atoms with Crippen molar-refractivity contribution in [2.24, 2.45) is 0 Å². The number of hydrogen-bond acceptors (Lipinski definition) is 7. The lowest BCUT2D eigenvalue weighted by Gasteiger charge is -2.20. The van der Waals surface area contributed by atoms with Crippen molar-refractivity contribution in [1.82, 2.24) is 9.80 Å². The van der Waals surface area contributed by atoms with Gasteiger partial charge in [0.2, 0.25) is 17.5 Å². The van der Waals surface area contributed by atoms with Crippen molar-refractivity contribution in [2.45, 2.75) is 13.8 Å². The lowest BCUT2D eigenvalue weighted by molar-refractivity contribution is -0.114.